The van der Waals surface area contributed by atoms with E-state index in [0.29, 0.717) is 11.3 Å². The molecule has 1 aromatic heterocycles. The fraction of sp³-hybridized carbons (Fsp3) is 0.375. The number of rotatable bonds is 3. The summed E-state index contributed by atoms with van der Waals surface area (Å²) in [7, 11) is 0. The van der Waals surface area contributed by atoms with Crippen LogP contribution in [0.15, 0.2) is 22.6 Å². The van der Waals surface area contributed by atoms with Gasteiger partial charge in [-0.05, 0) is 18.6 Å². The second kappa shape index (κ2) is 4.04. The van der Waals surface area contributed by atoms with Gasteiger partial charge in [0.2, 0.25) is 0 Å². The van der Waals surface area contributed by atoms with Crippen LogP contribution >= 0.6 is 0 Å². The Hall–Kier alpha value is -1.13. The fourth-order valence-electron chi connectivity index (χ4n) is 0.781. The molecule has 0 aliphatic heterocycles. The van der Waals surface area contributed by atoms with Gasteiger partial charge in [-0.25, -0.2) is 4.98 Å². The van der Waals surface area contributed by atoms with Gasteiger partial charge in [0.25, 0.3) is 0 Å². The molecular formula is C8H11NO3. The zero-order chi connectivity index (χ0) is 8.97. The normalized spacial score (nSPS) is 14.8. The third-order valence-electron chi connectivity index (χ3n) is 1.50. The quantitative estimate of drug-likeness (QED) is 0.688. The average molecular weight is 169 g/mol. The Balaban J connectivity index is 2.78. The Morgan fingerprint density at radius 3 is 3.00 bits per heavy atom. The molecule has 1 aromatic rings. The zero-order valence-electron chi connectivity index (χ0n) is 6.77. The van der Waals surface area contributed by atoms with Crippen LogP contribution in [0.1, 0.15) is 12.6 Å². The molecule has 0 spiro atoms. The lowest BCUT2D eigenvalue weighted by molar-refractivity contribution is 0.206. The van der Waals surface area contributed by atoms with Crippen LogP contribution in [-0.4, -0.2) is 27.9 Å². The summed E-state index contributed by atoms with van der Waals surface area (Å²) >= 11 is 0. The van der Waals surface area contributed by atoms with Crippen molar-refractivity contribution in [1.29, 1.82) is 0 Å². The fourth-order valence-corrected chi connectivity index (χ4v) is 0.781. The molecule has 4 nitrogen and oxygen atoms in total. The van der Waals surface area contributed by atoms with Gasteiger partial charge in [-0.1, -0.05) is 0 Å². The molecule has 1 atom stereocenters. The van der Waals surface area contributed by atoms with Crippen molar-refractivity contribution in [2.75, 3.05) is 6.61 Å². The van der Waals surface area contributed by atoms with Crippen molar-refractivity contribution in [3.63, 3.8) is 0 Å². The molecule has 12 heavy (non-hydrogen) atoms. The van der Waals surface area contributed by atoms with Crippen molar-refractivity contribution in [1.82, 2.24) is 4.98 Å². The van der Waals surface area contributed by atoms with Crippen LogP contribution in [0.25, 0.3) is 6.08 Å². The minimum Gasteiger partial charge on any atom is -0.451 e. The first-order valence-electron chi connectivity index (χ1n) is 3.61. The standard InChI is InChI=1S/C8H11NO3/c1-6(11)7(3-10)2-8-4-12-5-9-8/h2,4-6,10-11H,3H2,1H3. The first-order chi connectivity index (χ1) is 5.74. The summed E-state index contributed by atoms with van der Waals surface area (Å²) in [5.41, 5.74) is 1.11. The predicted molar refractivity (Wildman–Crippen MR) is 43.2 cm³/mol. The number of hydrogen-bond acceptors (Lipinski definition) is 4. The summed E-state index contributed by atoms with van der Waals surface area (Å²) in [5.74, 6) is 0. The molecule has 66 valence electrons. The lowest BCUT2D eigenvalue weighted by Crippen LogP contribution is -2.07. The topological polar surface area (TPSA) is 66.5 Å². The minimum atomic E-state index is -0.660. The van der Waals surface area contributed by atoms with Crippen molar-refractivity contribution in [2.45, 2.75) is 13.0 Å². The van der Waals surface area contributed by atoms with Crippen molar-refractivity contribution >= 4 is 6.08 Å². The molecule has 0 aliphatic rings. The van der Waals surface area contributed by atoms with Crippen LogP contribution < -0.4 is 0 Å². The maximum absolute atomic E-state index is 9.12. The first kappa shape index (κ1) is 8.96. The highest BCUT2D eigenvalue weighted by atomic mass is 16.3. The Kier molecular flexibility index (Phi) is 3.01. The molecule has 4 heteroatoms. The van der Waals surface area contributed by atoms with Crippen LogP contribution in [0, 0.1) is 0 Å². The molecule has 1 rings (SSSR count). The van der Waals surface area contributed by atoms with Crippen molar-refractivity contribution in [3.8, 4) is 0 Å². The average Bonchev–Trinajstić information content (AvgIpc) is 2.51. The lowest BCUT2D eigenvalue weighted by atomic mass is 10.1. The van der Waals surface area contributed by atoms with Gasteiger partial charge in [0.15, 0.2) is 6.39 Å². The predicted octanol–water partition coefficient (Wildman–Crippen LogP) is 0.431. The van der Waals surface area contributed by atoms with Gasteiger partial charge in [0.05, 0.1) is 12.7 Å². The van der Waals surface area contributed by atoms with Crippen molar-refractivity contribution < 1.29 is 14.6 Å². The zero-order valence-corrected chi connectivity index (χ0v) is 6.77. The van der Waals surface area contributed by atoms with E-state index in [0.717, 1.165) is 0 Å². The third-order valence-corrected chi connectivity index (χ3v) is 1.50. The SMILES string of the molecule is CC(O)C(=Cc1cocn1)CO. The summed E-state index contributed by atoms with van der Waals surface area (Å²) in [6.07, 6.45) is 3.67. The van der Waals surface area contributed by atoms with Gasteiger partial charge in [-0.3, -0.25) is 0 Å². The highest BCUT2D eigenvalue weighted by molar-refractivity contribution is 5.48. The monoisotopic (exact) mass is 169 g/mol. The number of aliphatic hydroxyl groups is 2. The summed E-state index contributed by atoms with van der Waals surface area (Å²) in [4.78, 5) is 3.82. The second-order valence-corrected chi connectivity index (χ2v) is 2.47. The number of aromatic nitrogens is 1. The molecule has 1 unspecified atom stereocenters. The van der Waals surface area contributed by atoms with Crippen molar-refractivity contribution in [3.05, 3.63) is 23.9 Å². The Morgan fingerprint density at radius 2 is 2.58 bits per heavy atom. The van der Waals surface area contributed by atoms with Gasteiger partial charge in [-0.15, -0.1) is 0 Å². The van der Waals surface area contributed by atoms with Crippen LogP contribution in [-0.2, 0) is 0 Å². The molecule has 0 saturated heterocycles. The number of hydrogen-bond donors (Lipinski definition) is 2. The Morgan fingerprint density at radius 1 is 1.83 bits per heavy atom. The van der Waals surface area contributed by atoms with E-state index in [9.17, 15) is 0 Å². The van der Waals surface area contributed by atoms with E-state index in [1.165, 1.54) is 12.7 Å². The third kappa shape index (κ3) is 2.18. The first-order valence-corrected chi connectivity index (χ1v) is 3.61. The molecule has 0 fully saturated rings. The summed E-state index contributed by atoms with van der Waals surface area (Å²) in [6.45, 7) is 1.41. The lowest BCUT2D eigenvalue weighted by Gasteiger charge is -2.04. The van der Waals surface area contributed by atoms with E-state index in [-0.39, 0.29) is 6.61 Å². The van der Waals surface area contributed by atoms with Crippen molar-refractivity contribution in [2.24, 2.45) is 0 Å². The van der Waals surface area contributed by atoms with Gasteiger partial charge in [-0.2, -0.15) is 0 Å². The van der Waals surface area contributed by atoms with Gasteiger partial charge in [0.1, 0.15) is 12.0 Å². The van der Waals surface area contributed by atoms with Crippen LogP contribution in [0.2, 0.25) is 0 Å². The van der Waals surface area contributed by atoms with E-state index in [4.69, 9.17) is 14.6 Å². The number of oxazole rings is 1. The molecule has 1 heterocycles. The second-order valence-electron chi connectivity index (χ2n) is 2.47. The molecule has 0 aliphatic carbocycles. The largest absolute Gasteiger partial charge is 0.451 e. The van der Waals surface area contributed by atoms with E-state index < -0.39 is 6.10 Å². The Bertz CT molecular complexity index is 251. The molecule has 0 bridgehead atoms. The van der Waals surface area contributed by atoms with E-state index in [2.05, 4.69) is 4.98 Å². The molecule has 0 aromatic carbocycles. The Labute approximate surface area is 70.2 Å². The highest BCUT2D eigenvalue weighted by Gasteiger charge is 2.03. The van der Waals surface area contributed by atoms with Crippen LogP contribution in [0.5, 0.6) is 0 Å². The minimum absolute atomic E-state index is 0.176. The number of nitrogens with zero attached hydrogens (tertiary/aromatic N) is 1. The molecule has 0 amide bonds. The van der Waals surface area contributed by atoms with Crippen LogP contribution in [0.4, 0.5) is 0 Å². The van der Waals surface area contributed by atoms with Crippen LogP contribution in [0.3, 0.4) is 0 Å². The summed E-state index contributed by atoms with van der Waals surface area (Å²) < 4.78 is 4.72. The summed E-state index contributed by atoms with van der Waals surface area (Å²) in [5, 5.41) is 17.9. The van der Waals surface area contributed by atoms with E-state index >= 15 is 0 Å². The van der Waals surface area contributed by atoms with Gasteiger partial charge >= 0.3 is 0 Å². The highest BCUT2D eigenvalue weighted by Crippen LogP contribution is 2.07. The summed E-state index contributed by atoms with van der Waals surface area (Å²) in [6, 6.07) is 0. The number of aliphatic hydroxyl groups excluding tert-OH is 2. The maximum atomic E-state index is 9.12. The van der Waals surface area contributed by atoms with E-state index in [1.807, 2.05) is 0 Å². The smallest absolute Gasteiger partial charge is 0.181 e. The van der Waals surface area contributed by atoms with Gasteiger partial charge < -0.3 is 14.6 Å². The van der Waals surface area contributed by atoms with E-state index in [1.54, 1.807) is 13.0 Å². The van der Waals surface area contributed by atoms with Gasteiger partial charge in [0, 0.05) is 0 Å². The molecule has 0 radical (unpaired) electrons. The molecular weight excluding hydrogens is 158 g/mol. The maximum Gasteiger partial charge on any atom is 0.181 e. The molecule has 2 N–H and O–H groups in total. The molecule has 0 saturated carbocycles.